The van der Waals surface area contributed by atoms with Gasteiger partial charge in [0.2, 0.25) is 5.91 Å². The lowest BCUT2D eigenvalue weighted by molar-refractivity contribution is -0.133. The highest BCUT2D eigenvalue weighted by atomic mass is 16.2. The van der Waals surface area contributed by atoms with Crippen molar-refractivity contribution in [3.05, 3.63) is 11.6 Å². The number of fused-ring (bicyclic) bond motifs is 5. The first-order valence-corrected chi connectivity index (χ1v) is 8.47. The Morgan fingerprint density at radius 3 is 2.67 bits per heavy atom. The summed E-state index contributed by atoms with van der Waals surface area (Å²) >= 11 is 0. The lowest BCUT2D eigenvalue weighted by Crippen LogP contribution is -2.51. The molecule has 0 aromatic heterocycles. The van der Waals surface area contributed by atoms with E-state index in [9.17, 15) is 9.59 Å². The van der Waals surface area contributed by atoms with Gasteiger partial charge in [0.05, 0.1) is 5.41 Å². The minimum atomic E-state index is -0.136. The van der Waals surface area contributed by atoms with Crippen LogP contribution in [0.3, 0.4) is 0 Å². The van der Waals surface area contributed by atoms with Gasteiger partial charge < -0.3 is 5.32 Å². The molecule has 0 radical (unpaired) electrons. The van der Waals surface area contributed by atoms with Crippen LogP contribution in [0.1, 0.15) is 52.4 Å². The number of hydrogen-bond donors (Lipinski definition) is 1. The molecule has 3 nitrogen and oxygen atoms in total. The fourth-order valence-corrected chi connectivity index (χ4v) is 5.94. The summed E-state index contributed by atoms with van der Waals surface area (Å²) in [7, 11) is 0. The molecule has 0 aromatic rings. The Bertz CT molecular complexity index is 551. The van der Waals surface area contributed by atoms with E-state index >= 15 is 0 Å². The predicted octanol–water partition coefficient (Wildman–Crippen LogP) is 2.85. The summed E-state index contributed by atoms with van der Waals surface area (Å²) in [6.45, 7) is 5.42. The van der Waals surface area contributed by atoms with E-state index in [1.54, 1.807) is 0 Å². The molecule has 3 aliphatic carbocycles. The van der Waals surface area contributed by atoms with E-state index in [1.165, 1.54) is 5.57 Å². The van der Waals surface area contributed by atoms with Gasteiger partial charge in [-0.1, -0.05) is 19.4 Å². The fourth-order valence-electron chi connectivity index (χ4n) is 5.94. The first kappa shape index (κ1) is 13.5. The largest absolute Gasteiger partial charge is 0.355 e. The Hall–Kier alpha value is -1.12. The minimum Gasteiger partial charge on any atom is -0.355 e. The molecule has 21 heavy (non-hydrogen) atoms. The molecule has 2 saturated carbocycles. The van der Waals surface area contributed by atoms with Crippen molar-refractivity contribution in [1.82, 2.24) is 5.32 Å². The average Bonchev–Trinajstić information content (AvgIpc) is 2.76. The first-order chi connectivity index (χ1) is 9.95. The predicted molar refractivity (Wildman–Crippen MR) is 80.5 cm³/mol. The second-order valence-corrected chi connectivity index (χ2v) is 8.14. The quantitative estimate of drug-likeness (QED) is 0.744. The molecule has 4 aliphatic rings. The number of allylic oxidation sites excluding steroid dienone is 2. The Morgan fingerprint density at radius 1 is 1.05 bits per heavy atom. The normalized spacial score (nSPS) is 48.9. The Balaban J connectivity index is 1.70. The Labute approximate surface area is 126 Å². The van der Waals surface area contributed by atoms with E-state index in [0.717, 1.165) is 38.6 Å². The molecular weight excluding hydrogens is 262 g/mol. The third kappa shape index (κ3) is 1.66. The molecule has 1 saturated heterocycles. The van der Waals surface area contributed by atoms with E-state index in [0.29, 0.717) is 30.0 Å². The van der Waals surface area contributed by atoms with Crippen molar-refractivity contribution < 1.29 is 9.59 Å². The van der Waals surface area contributed by atoms with Gasteiger partial charge in [-0.25, -0.2) is 0 Å². The fraction of sp³-hybridized carbons (Fsp3) is 0.778. The van der Waals surface area contributed by atoms with Crippen LogP contribution >= 0.6 is 0 Å². The molecular formula is C18H25NO2. The average molecular weight is 287 g/mol. The van der Waals surface area contributed by atoms with Gasteiger partial charge in [0.15, 0.2) is 5.78 Å². The van der Waals surface area contributed by atoms with Gasteiger partial charge in [-0.05, 0) is 61.3 Å². The van der Waals surface area contributed by atoms with Gasteiger partial charge >= 0.3 is 0 Å². The highest BCUT2D eigenvalue weighted by Gasteiger charge is 2.59. The monoisotopic (exact) mass is 287 g/mol. The highest BCUT2D eigenvalue weighted by Crippen LogP contribution is 2.62. The third-order valence-electron chi connectivity index (χ3n) is 7.35. The van der Waals surface area contributed by atoms with Crippen molar-refractivity contribution >= 4 is 11.7 Å². The molecule has 1 heterocycles. The molecule has 5 unspecified atom stereocenters. The Morgan fingerprint density at radius 2 is 1.86 bits per heavy atom. The topological polar surface area (TPSA) is 46.2 Å². The number of carbonyl (C=O) groups excluding carboxylic acids is 2. The van der Waals surface area contributed by atoms with Crippen LogP contribution in [0, 0.1) is 28.6 Å². The van der Waals surface area contributed by atoms with Crippen molar-refractivity contribution in [3.8, 4) is 0 Å². The van der Waals surface area contributed by atoms with Gasteiger partial charge in [-0.3, -0.25) is 9.59 Å². The van der Waals surface area contributed by atoms with Crippen LogP contribution in [0.25, 0.3) is 0 Å². The molecule has 1 amide bonds. The molecule has 4 rings (SSSR count). The lowest BCUT2D eigenvalue weighted by Gasteiger charge is -2.56. The van der Waals surface area contributed by atoms with Crippen molar-refractivity contribution in [2.24, 2.45) is 28.6 Å². The van der Waals surface area contributed by atoms with Gasteiger partial charge in [0.1, 0.15) is 0 Å². The zero-order chi connectivity index (χ0) is 14.8. The van der Waals surface area contributed by atoms with E-state index in [4.69, 9.17) is 0 Å². The van der Waals surface area contributed by atoms with Crippen LogP contribution in [0.15, 0.2) is 11.6 Å². The SMILES string of the molecule is CC12CCC3C(CCC4=CC(=O)CCC43C)C1CNC2=O. The number of amides is 1. The summed E-state index contributed by atoms with van der Waals surface area (Å²) in [5.41, 5.74) is 1.48. The maximum Gasteiger partial charge on any atom is 0.226 e. The number of rotatable bonds is 0. The van der Waals surface area contributed by atoms with Crippen LogP contribution in [0.4, 0.5) is 0 Å². The molecule has 0 aromatic carbocycles. The van der Waals surface area contributed by atoms with E-state index < -0.39 is 0 Å². The molecule has 1 aliphatic heterocycles. The second kappa shape index (κ2) is 4.21. The van der Waals surface area contributed by atoms with Crippen LogP contribution < -0.4 is 5.32 Å². The van der Waals surface area contributed by atoms with Gasteiger partial charge in [-0.2, -0.15) is 0 Å². The van der Waals surface area contributed by atoms with E-state index in [2.05, 4.69) is 19.2 Å². The zero-order valence-corrected chi connectivity index (χ0v) is 13.1. The van der Waals surface area contributed by atoms with Gasteiger partial charge in [-0.15, -0.1) is 0 Å². The first-order valence-electron chi connectivity index (χ1n) is 8.47. The van der Waals surface area contributed by atoms with Crippen molar-refractivity contribution in [2.45, 2.75) is 52.4 Å². The van der Waals surface area contributed by atoms with Crippen molar-refractivity contribution in [2.75, 3.05) is 6.54 Å². The molecule has 0 bridgehead atoms. The maximum atomic E-state index is 12.2. The summed E-state index contributed by atoms with van der Waals surface area (Å²) in [6, 6.07) is 0. The second-order valence-electron chi connectivity index (χ2n) is 8.14. The lowest BCUT2D eigenvalue weighted by atomic mass is 9.47. The van der Waals surface area contributed by atoms with Crippen molar-refractivity contribution in [3.63, 3.8) is 0 Å². The molecule has 5 atom stereocenters. The van der Waals surface area contributed by atoms with Gasteiger partial charge in [0.25, 0.3) is 0 Å². The summed E-state index contributed by atoms with van der Waals surface area (Å²) in [4.78, 5) is 24.0. The number of carbonyl (C=O) groups is 2. The summed E-state index contributed by atoms with van der Waals surface area (Å²) in [5, 5.41) is 3.12. The van der Waals surface area contributed by atoms with Crippen LogP contribution in [0.2, 0.25) is 0 Å². The molecule has 114 valence electrons. The molecule has 3 fully saturated rings. The van der Waals surface area contributed by atoms with Crippen LogP contribution in [-0.4, -0.2) is 18.2 Å². The third-order valence-corrected chi connectivity index (χ3v) is 7.35. The van der Waals surface area contributed by atoms with Crippen LogP contribution in [-0.2, 0) is 9.59 Å². The summed E-state index contributed by atoms with van der Waals surface area (Å²) in [5.74, 6) is 2.41. The summed E-state index contributed by atoms with van der Waals surface area (Å²) in [6.07, 6.45) is 8.06. The van der Waals surface area contributed by atoms with E-state index in [-0.39, 0.29) is 16.7 Å². The van der Waals surface area contributed by atoms with Gasteiger partial charge in [0, 0.05) is 13.0 Å². The zero-order valence-electron chi connectivity index (χ0n) is 13.1. The maximum absolute atomic E-state index is 12.2. The minimum absolute atomic E-state index is 0.136. The molecule has 0 spiro atoms. The smallest absolute Gasteiger partial charge is 0.226 e. The number of nitrogens with one attached hydrogen (secondary N) is 1. The highest BCUT2D eigenvalue weighted by molar-refractivity contribution is 5.91. The summed E-state index contributed by atoms with van der Waals surface area (Å²) < 4.78 is 0. The Kier molecular flexibility index (Phi) is 2.71. The van der Waals surface area contributed by atoms with Crippen LogP contribution in [0.5, 0.6) is 0 Å². The van der Waals surface area contributed by atoms with E-state index in [1.807, 2.05) is 6.08 Å². The number of ketones is 1. The van der Waals surface area contributed by atoms with Crippen molar-refractivity contribution in [1.29, 1.82) is 0 Å². The molecule has 3 heteroatoms. The number of hydrogen-bond acceptors (Lipinski definition) is 2. The standard InChI is InChI=1S/C18H25NO2/c1-17-7-5-12(20)9-11(17)3-4-13-14(17)6-8-18(2)15(13)10-19-16(18)21/h9,13-15H,3-8,10H2,1-2H3,(H,19,21). The molecule has 1 N–H and O–H groups in total.